The van der Waals surface area contributed by atoms with Gasteiger partial charge in [-0.1, -0.05) is 0 Å². The number of nitriles is 1. The van der Waals surface area contributed by atoms with Crippen LogP contribution in [0.2, 0.25) is 0 Å². The molecule has 1 N–H and O–H groups in total. The minimum atomic E-state index is -0.481. The first-order valence-electron chi connectivity index (χ1n) is 5.45. The van der Waals surface area contributed by atoms with Gasteiger partial charge in [-0.05, 0) is 18.2 Å². The predicted octanol–water partition coefficient (Wildman–Crippen LogP) is 3.32. The zero-order chi connectivity index (χ0) is 13.4. The maximum absolute atomic E-state index is 10.7. The van der Waals surface area contributed by atoms with Gasteiger partial charge in [-0.3, -0.25) is 10.1 Å². The highest BCUT2D eigenvalue weighted by Crippen LogP contribution is 2.43. The van der Waals surface area contributed by atoms with Crippen LogP contribution in [0, 0.1) is 21.4 Å². The number of nitrogens with one attached hydrogen (secondary N) is 1. The maximum atomic E-state index is 10.7. The van der Waals surface area contributed by atoms with Gasteiger partial charge in [0.15, 0.2) is 11.5 Å². The Morgan fingerprint density at radius 3 is 2.53 bits per heavy atom. The molecular weight excluding hydrogens is 246 g/mol. The van der Waals surface area contributed by atoms with E-state index < -0.39 is 4.92 Å². The number of non-ortho nitro benzene ring substituents is 1. The van der Waals surface area contributed by atoms with E-state index in [0.717, 1.165) is 5.69 Å². The summed E-state index contributed by atoms with van der Waals surface area (Å²) >= 11 is 0. The first kappa shape index (κ1) is 11.0. The molecule has 0 aliphatic carbocycles. The third kappa shape index (κ3) is 1.83. The molecule has 3 rings (SSSR count). The number of nitro groups is 1. The molecule has 2 aromatic carbocycles. The normalized spacial score (nSPS) is 11.3. The Morgan fingerprint density at radius 2 is 1.84 bits per heavy atom. The second-order valence-electron chi connectivity index (χ2n) is 3.99. The molecule has 0 bridgehead atoms. The van der Waals surface area contributed by atoms with Gasteiger partial charge >= 0.3 is 0 Å². The second-order valence-corrected chi connectivity index (χ2v) is 3.99. The van der Waals surface area contributed by atoms with Gasteiger partial charge in [0, 0.05) is 12.1 Å². The lowest BCUT2D eigenvalue weighted by atomic mass is 10.1. The van der Waals surface area contributed by atoms with Crippen LogP contribution in [0.1, 0.15) is 5.56 Å². The molecule has 0 aromatic heterocycles. The number of hydrogen-bond donors (Lipinski definition) is 1. The van der Waals surface area contributed by atoms with Crippen LogP contribution in [0.25, 0.3) is 0 Å². The largest absolute Gasteiger partial charge is 0.453 e. The first-order valence-corrected chi connectivity index (χ1v) is 5.45. The molecule has 1 aliphatic rings. The summed E-state index contributed by atoms with van der Waals surface area (Å²) in [6.07, 6.45) is 0. The molecule has 0 saturated carbocycles. The van der Waals surface area contributed by atoms with Crippen LogP contribution >= 0.6 is 0 Å². The molecule has 1 aliphatic heterocycles. The number of benzene rings is 2. The molecule has 1 heterocycles. The highest BCUT2D eigenvalue weighted by Gasteiger charge is 2.19. The summed E-state index contributed by atoms with van der Waals surface area (Å²) in [5, 5.41) is 22.7. The number of rotatable bonds is 1. The van der Waals surface area contributed by atoms with E-state index in [-0.39, 0.29) is 5.69 Å². The van der Waals surface area contributed by atoms with Crippen LogP contribution in [-0.2, 0) is 0 Å². The number of anilines is 2. The Kier molecular flexibility index (Phi) is 2.32. The SMILES string of the molecule is N#Cc1ccc2c(c1)Oc1cc([N+](=O)[O-])ccc1N2. The molecule has 0 atom stereocenters. The zero-order valence-electron chi connectivity index (χ0n) is 9.58. The van der Waals surface area contributed by atoms with Crippen molar-refractivity contribution in [1.82, 2.24) is 0 Å². The van der Waals surface area contributed by atoms with Crippen molar-refractivity contribution in [2.75, 3.05) is 5.32 Å². The average molecular weight is 253 g/mol. The van der Waals surface area contributed by atoms with Crippen LogP contribution in [0.3, 0.4) is 0 Å². The Labute approximate surface area is 108 Å². The average Bonchev–Trinajstić information content (AvgIpc) is 2.43. The van der Waals surface area contributed by atoms with Gasteiger partial charge < -0.3 is 10.1 Å². The summed E-state index contributed by atoms with van der Waals surface area (Å²) in [5.74, 6) is 0.851. The lowest BCUT2D eigenvalue weighted by Crippen LogP contribution is -2.03. The number of ether oxygens (including phenoxy) is 1. The number of nitrogens with zero attached hydrogens (tertiary/aromatic N) is 2. The van der Waals surface area contributed by atoms with Gasteiger partial charge in [-0.2, -0.15) is 5.26 Å². The quantitative estimate of drug-likeness (QED) is 0.530. The maximum Gasteiger partial charge on any atom is 0.273 e. The van der Waals surface area contributed by atoms with Gasteiger partial charge in [-0.15, -0.1) is 0 Å². The molecule has 0 radical (unpaired) electrons. The van der Waals surface area contributed by atoms with Crippen molar-refractivity contribution < 1.29 is 9.66 Å². The Hall–Kier alpha value is -3.07. The number of nitro benzene ring substituents is 1. The molecule has 6 heteroatoms. The highest BCUT2D eigenvalue weighted by molar-refractivity contribution is 5.77. The second kappa shape index (κ2) is 3.99. The first-order chi connectivity index (χ1) is 9.17. The smallest absolute Gasteiger partial charge is 0.273 e. The fourth-order valence-electron chi connectivity index (χ4n) is 1.86. The summed E-state index contributed by atoms with van der Waals surface area (Å²) in [5.41, 5.74) is 1.80. The van der Waals surface area contributed by atoms with Crippen LogP contribution in [0.5, 0.6) is 11.5 Å². The van der Waals surface area contributed by atoms with E-state index in [1.54, 1.807) is 24.3 Å². The van der Waals surface area contributed by atoms with Crippen molar-refractivity contribution in [2.45, 2.75) is 0 Å². The van der Waals surface area contributed by atoms with Crippen LogP contribution in [-0.4, -0.2) is 4.92 Å². The highest BCUT2D eigenvalue weighted by atomic mass is 16.6. The van der Waals surface area contributed by atoms with E-state index in [1.165, 1.54) is 12.1 Å². The van der Waals surface area contributed by atoms with Crippen molar-refractivity contribution in [2.24, 2.45) is 0 Å². The van der Waals surface area contributed by atoms with Crippen molar-refractivity contribution in [3.63, 3.8) is 0 Å². The van der Waals surface area contributed by atoms with Gasteiger partial charge in [0.25, 0.3) is 5.69 Å². The third-order valence-corrected chi connectivity index (χ3v) is 2.78. The van der Waals surface area contributed by atoms with Crippen LogP contribution < -0.4 is 10.1 Å². The van der Waals surface area contributed by atoms with Gasteiger partial charge in [-0.25, -0.2) is 0 Å². The predicted molar refractivity (Wildman–Crippen MR) is 67.6 cm³/mol. The van der Waals surface area contributed by atoms with Crippen molar-refractivity contribution in [1.29, 1.82) is 5.26 Å². The van der Waals surface area contributed by atoms with Crippen LogP contribution in [0.15, 0.2) is 36.4 Å². The third-order valence-electron chi connectivity index (χ3n) is 2.78. The lowest BCUT2D eigenvalue weighted by Gasteiger charge is -2.21. The number of fused-ring (bicyclic) bond motifs is 2. The van der Waals surface area contributed by atoms with Crippen molar-refractivity contribution in [3.05, 3.63) is 52.1 Å². The molecular formula is C13H7N3O3. The molecule has 92 valence electrons. The summed E-state index contributed by atoms with van der Waals surface area (Å²) < 4.78 is 5.59. The fraction of sp³-hybridized carbons (Fsp3) is 0. The number of hydrogen-bond acceptors (Lipinski definition) is 5. The summed E-state index contributed by atoms with van der Waals surface area (Å²) in [6, 6.07) is 11.4. The molecule has 0 unspecified atom stereocenters. The minimum absolute atomic E-state index is 0.0413. The molecule has 6 nitrogen and oxygen atoms in total. The van der Waals surface area contributed by atoms with E-state index in [2.05, 4.69) is 5.32 Å². The van der Waals surface area contributed by atoms with E-state index in [1.807, 2.05) is 6.07 Å². The molecule has 0 spiro atoms. The minimum Gasteiger partial charge on any atom is -0.453 e. The van der Waals surface area contributed by atoms with E-state index >= 15 is 0 Å². The van der Waals surface area contributed by atoms with Gasteiger partial charge in [0.2, 0.25) is 0 Å². The molecule has 0 saturated heterocycles. The zero-order valence-corrected chi connectivity index (χ0v) is 9.58. The molecule has 19 heavy (non-hydrogen) atoms. The lowest BCUT2D eigenvalue weighted by molar-refractivity contribution is -0.384. The van der Waals surface area contributed by atoms with Crippen molar-refractivity contribution >= 4 is 17.1 Å². The van der Waals surface area contributed by atoms with Gasteiger partial charge in [0.05, 0.1) is 34.0 Å². The monoisotopic (exact) mass is 253 g/mol. The van der Waals surface area contributed by atoms with Crippen LogP contribution in [0.4, 0.5) is 17.1 Å². The molecule has 0 fully saturated rings. The topological polar surface area (TPSA) is 88.2 Å². The standard InChI is InChI=1S/C13H7N3O3/c14-7-8-1-3-10-12(5-8)19-13-6-9(16(17)18)2-4-11(13)15-10/h1-6,15H. The molecule has 2 aromatic rings. The van der Waals surface area contributed by atoms with Crippen molar-refractivity contribution in [3.8, 4) is 17.6 Å². The summed E-state index contributed by atoms with van der Waals surface area (Å²) in [4.78, 5) is 10.2. The summed E-state index contributed by atoms with van der Waals surface area (Å²) in [7, 11) is 0. The van der Waals surface area contributed by atoms with E-state index in [4.69, 9.17) is 10.00 Å². The Bertz CT molecular complexity index is 734. The Balaban J connectivity index is 2.05. The van der Waals surface area contributed by atoms with Gasteiger partial charge in [0.1, 0.15) is 0 Å². The molecule has 0 amide bonds. The summed E-state index contributed by atoms with van der Waals surface area (Å²) in [6.45, 7) is 0. The fourth-order valence-corrected chi connectivity index (χ4v) is 1.86. The van der Waals surface area contributed by atoms with E-state index in [0.29, 0.717) is 22.7 Å². The Morgan fingerprint density at radius 1 is 1.16 bits per heavy atom. The van der Waals surface area contributed by atoms with E-state index in [9.17, 15) is 10.1 Å².